The first kappa shape index (κ1) is 15.0. The highest BCUT2D eigenvalue weighted by atomic mass is 79.9. The zero-order valence-corrected chi connectivity index (χ0v) is 13.7. The van der Waals surface area contributed by atoms with Crippen LogP contribution in [0.4, 0.5) is 5.82 Å². The summed E-state index contributed by atoms with van der Waals surface area (Å²) < 4.78 is 6.59. The highest BCUT2D eigenvalue weighted by Gasteiger charge is 2.14. The van der Waals surface area contributed by atoms with E-state index in [9.17, 15) is 0 Å². The molecular weight excluding hydrogens is 318 g/mol. The van der Waals surface area contributed by atoms with Crippen molar-refractivity contribution < 1.29 is 4.42 Å². The lowest BCUT2D eigenvalue weighted by Gasteiger charge is -2.11. The Labute approximate surface area is 128 Å². The van der Waals surface area contributed by atoms with Crippen LogP contribution in [-0.2, 0) is 6.42 Å². The van der Waals surface area contributed by atoms with E-state index in [4.69, 9.17) is 4.42 Å². The minimum absolute atomic E-state index is 0.642. The summed E-state index contributed by atoms with van der Waals surface area (Å²) >= 11 is 3.61. The van der Waals surface area contributed by atoms with Crippen molar-refractivity contribution in [3.05, 3.63) is 28.1 Å². The summed E-state index contributed by atoms with van der Waals surface area (Å²) in [5.41, 5.74) is 1.02. The number of furan rings is 1. The summed E-state index contributed by atoms with van der Waals surface area (Å²) in [6.07, 6.45) is 3.00. The minimum Gasteiger partial charge on any atom is -0.458 e. The topological polar surface area (TPSA) is 51.0 Å². The fourth-order valence-corrected chi connectivity index (χ4v) is 2.44. The maximum atomic E-state index is 5.63. The van der Waals surface area contributed by atoms with E-state index in [1.54, 1.807) is 0 Å². The molecule has 0 unspecified atom stereocenters. The van der Waals surface area contributed by atoms with E-state index in [1.165, 1.54) is 0 Å². The maximum Gasteiger partial charge on any atom is 0.197 e. The van der Waals surface area contributed by atoms with E-state index < -0.39 is 0 Å². The van der Waals surface area contributed by atoms with Crippen molar-refractivity contribution in [1.29, 1.82) is 0 Å². The van der Waals surface area contributed by atoms with E-state index in [2.05, 4.69) is 45.1 Å². The Hall–Kier alpha value is -1.36. The van der Waals surface area contributed by atoms with Crippen molar-refractivity contribution in [2.24, 2.45) is 0 Å². The molecule has 0 radical (unpaired) electrons. The molecule has 0 spiro atoms. The summed E-state index contributed by atoms with van der Waals surface area (Å²) in [7, 11) is 0. The largest absolute Gasteiger partial charge is 0.458 e. The predicted molar refractivity (Wildman–Crippen MR) is 84.9 cm³/mol. The van der Waals surface area contributed by atoms with Crippen LogP contribution in [0.5, 0.6) is 0 Å². The summed E-state index contributed by atoms with van der Waals surface area (Å²) in [5, 5.41) is 3.34. The number of halogens is 1. The first-order valence-electron chi connectivity index (χ1n) is 7.02. The number of anilines is 1. The van der Waals surface area contributed by atoms with Crippen molar-refractivity contribution in [3.63, 3.8) is 0 Å². The Morgan fingerprint density at radius 2 is 2.00 bits per heavy atom. The molecule has 0 aliphatic rings. The van der Waals surface area contributed by atoms with Gasteiger partial charge in [-0.2, -0.15) is 0 Å². The van der Waals surface area contributed by atoms with Gasteiger partial charge in [0.05, 0.1) is 10.2 Å². The van der Waals surface area contributed by atoms with E-state index in [0.29, 0.717) is 11.6 Å². The molecule has 2 aromatic heterocycles. The van der Waals surface area contributed by atoms with Gasteiger partial charge < -0.3 is 9.73 Å². The second kappa shape index (κ2) is 6.88. The Bertz CT molecular complexity index is 580. The molecule has 0 aromatic carbocycles. The third-order valence-electron chi connectivity index (χ3n) is 2.91. The quantitative estimate of drug-likeness (QED) is 0.837. The lowest BCUT2D eigenvalue weighted by molar-refractivity contribution is 0.543. The first-order valence-corrected chi connectivity index (χ1v) is 7.82. The summed E-state index contributed by atoms with van der Waals surface area (Å²) in [6, 6.07) is 3.84. The number of nitrogens with one attached hydrogen (secondary N) is 1. The lowest BCUT2D eigenvalue weighted by Crippen LogP contribution is -2.07. The van der Waals surface area contributed by atoms with Gasteiger partial charge in [0.2, 0.25) is 0 Å². The SMILES string of the molecule is CCCNc1nc(-c2ccc(C)o2)nc(CCC)c1Br. The van der Waals surface area contributed by atoms with Gasteiger partial charge >= 0.3 is 0 Å². The van der Waals surface area contributed by atoms with Crippen molar-refractivity contribution in [1.82, 2.24) is 9.97 Å². The predicted octanol–water partition coefficient (Wildman–Crippen LogP) is 4.58. The highest BCUT2D eigenvalue weighted by molar-refractivity contribution is 9.10. The molecule has 108 valence electrons. The Morgan fingerprint density at radius 1 is 1.20 bits per heavy atom. The minimum atomic E-state index is 0.642. The van der Waals surface area contributed by atoms with E-state index in [1.807, 2.05) is 19.1 Å². The molecule has 1 N–H and O–H groups in total. The van der Waals surface area contributed by atoms with E-state index in [0.717, 1.165) is 47.6 Å². The summed E-state index contributed by atoms with van der Waals surface area (Å²) in [5.74, 6) is 3.07. The molecule has 0 aliphatic heterocycles. The molecule has 2 aromatic rings. The molecule has 0 saturated carbocycles. The average Bonchev–Trinajstić information content (AvgIpc) is 2.86. The zero-order chi connectivity index (χ0) is 14.5. The van der Waals surface area contributed by atoms with Crippen LogP contribution >= 0.6 is 15.9 Å². The standard InChI is InChI=1S/C15H20BrN3O/c1-4-6-11-13(16)15(17-9-5-2)19-14(18-11)12-8-7-10(3)20-12/h7-8H,4-6,9H2,1-3H3,(H,17,18,19). The van der Waals surface area contributed by atoms with Gasteiger partial charge in [-0.15, -0.1) is 0 Å². The number of hydrogen-bond donors (Lipinski definition) is 1. The van der Waals surface area contributed by atoms with Crippen LogP contribution in [0.25, 0.3) is 11.6 Å². The lowest BCUT2D eigenvalue weighted by atomic mass is 10.2. The number of nitrogens with zero attached hydrogens (tertiary/aromatic N) is 2. The number of aryl methyl sites for hydroxylation is 2. The van der Waals surface area contributed by atoms with Gasteiger partial charge in [-0.25, -0.2) is 9.97 Å². The van der Waals surface area contributed by atoms with Crippen LogP contribution < -0.4 is 5.32 Å². The van der Waals surface area contributed by atoms with Crippen LogP contribution in [0.3, 0.4) is 0 Å². The molecule has 0 fully saturated rings. The van der Waals surface area contributed by atoms with Gasteiger partial charge in [-0.3, -0.25) is 0 Å². The van der Waals surface area contributed by atoms with E-state index in [-0.39, 0.29) is 0 Å². The monoisotopic (exact) mass is 337 g/mol. The molecule has 5 heteroatoms. The zero-order valence-electron chi connectivity index (χ0n) is 12.2. The molecule has 0 bridgehead atoms. The average molecular weight is 338 g/mol. The van der Waals surface area contributed by atoms with Crippen molar-refractivity contribution in [3.8, 4) is 11.6 Å². The molecule has 2 heterocycles. The Balaban J connectivity index is 2.43. The first-order chi connectivity index (χ1) is 9.65. The van der Waals surface area contributed by atoms with Gasteiger partial charge in [0, 0.05) is 6.54 Å². The van der Waals surface area contributed by atoms with Crippen LogP contribution in [0, 0.1) is 6.92 Å². The highest BCUT2D eigenvalue weighted by Crippen LogP contribution is 2.28. The third kappa shape index (κ3) is 3.39. The van der Waals surface area contributed by atoms with Gasteiger partial charge in [0.1, 0.15) is 11.6 Å². The molecule has 0 atom stereocenters. The second-order valence-corrected chi connectivity index (χ2v) is 5.54. The smallest absolute Gasteiger partial charge is 0.197 e. The number of hydrogen-bond acceptors (Lipinski definition) is 4. The van der Waals surface area contributed by atoms with E-state index >= 15 is 0 Å². The number of aromatic nitrogens is 2. The summed E-state index contributed by atoms with van der Waals surface area (Å²) in [4.78, 5) is 9.20. The van der Waals surface area contributed by atoms with Crippen LogP contribution in [0.2, 0.25) is 0 Å². The fraction of sp³-hybridized carbons (Fsp3) is 0.467. The van der Waals surface area contributed by atoms with Crippen molar-refractivity contribution >= 4 is 21.7 Å². The third-order valence-corrected chi connectivity index (χ3v) is 3.74. The Kier molecular flexibility index (Phi) is 5.17. The van der Waals surface area contributed by atoms with Gasteiger partial charge in [-0.1, -0.05) is 20.3 Å². The molecule has 20 heavy (non-hydrogen) atoms. The molecular formula is C15H20BrN3O. The molecule has 0 aliphatic carbocycles. The van der Waals surface area contributed by atoms with Crippen LogP contribution in [-0.4, -0.2) is 16.5 Å². The molecule has 4 nitrogen and oxygen atoms in total. The fourth-order valence-electron chi connectivity index (χ4n) is 1.92. The van der Waals surface area contributed by atoms with Crippen LogP contribution in [0.1, 0.15) is 38.1 Å². The van der Waals surface area contributed by atoms with Crippen molar-refractivity contribution in [2.45, 2.75) is 40.0 Å². The summed E-state index contributed by atoms with van der Waals surface area (Å²) in [6.45, 7) is 7.08. The molecule has 2 rings (SSSR count). The number of rotatable bonds is 6. The van der Waals surface area contributed by atoms with Gasteiger partial charge in [-0.05, 0) is 47.8 Å². The maximum absolute atomic E-state index is 5.63. The van der Waals surface area contributed by atoms with Crippen molar-refractivity contribution in [2.75, 3.05) is 11.9 Å². The second-order valence-electron chi connectivity index (χ2n) is 4.74. The van der Waals surface area contributed by atoms with Crippen LogP contribution in [0.15, 0.2) is 21.0 Å². The Morgan fingerprint density at radius 3 is 2.60 bits per heavy atom. The molecule has 0 amide bonds. The van der Waals surface area contributed by atoms with Gasteiger partial charge in [0.15, 0.2) is 11.6 Å². The normalized spacial score (nSPS) is 10.8. The molecule has 0 saturated heterocycles. The van der Waals surface area contributed by atoms with Gasteiger partial charge in [0.25, 0.3) is 0 Å².